The lowest BCUT2D eigenvalue weighted by Gasteiger charge is -2.12. The lowest BCUT2D eigenvalue weighted by molar-refractivity contribution is 0.0697. The molecule has 0 spiro atoms. The van der Waals surface area contributed by atoms with Gasteiger partial charge in [-0.15, -0.1) is 0 Å². The van der Waals surface area contributed by atoms with Crippen LogP contribution in [0.1, 0.15) is 15.9 Å². The van der Waals surface area contributed by atoms with Crippen molar-refractivity contribution in [2.75, 3.05) is 7.11 Å². The summed E-state index contributed by atoms with van der Waals surface area (Å²) in [5.41, 5.74) is 1.97. The Balaban J connectivity index is 2.71. The number of benzene rings is 2. The van der Waals surface area contributed by atoms with Gasteiger partial charge in [-0.05, 0) is 31.2 Å². The first-order valence-corrected chi connectivity index (χ1v) is 5.71. The van der Waals surface area contributed by atoms with E-state index in [0.717, 1.165) is 11.6 Å². The second-order valence-electron chi connectivity index (χ2n) is 4.20. The van der Waals surface area contributed by atoms with Gasteiger partial charge in [0.05, 0.1) is 12.7 Å². The molecule has 0 saturated carbocycles. The van der Waals surface area contributed by atoms with E-state index in [1.807, 2.05) is 19.1 Å². The predicted octanol–water partition coefficient (Wildman–Crippen LogP) is 3.51. The third-order valence-electron chi connectivity index (χ3n) is 2.86. The van der Waals surface area contributed by atoms with Crippen LogP contribution in [0.15, 0.2) is 36.4 Å². The summed E-state index contributed by atoms with van der Waals surface area (Å²) >= 11 is 0. The van der Waals surface area contributed by atoms with Crippen LogP contribution in [0.2, 0.25) is 0 Å². The Hall–Kier alpha value is -2.36. The first kappa shape index (κ1) is 13.1. The number of halogens is 1. The van der Waals surface area contributed by atoms with Gasteiger partial charge in [-0.25, -0.2) is 9.18 Å². The van der Waals surface area contributed by atoms with E-state index in [9.17, 15) is 14.3 Å². The van der Waals surface area contributed by atoms with E-state index in [2.05, 4.69) is 0 Å². The van der Waals surface area contributed by atoms with Gasteiger partial charge in [0, 0.05) is 11.1 Å². The highest BCUT2D eigenvalue weighted by atomic mass is 19.1. The molecule has 0 heterocycles. The lowest BCUT2D eigenvalue weighted by atomic mass is 9.97. The topological polar surface area (TPSA) is 46.5 Å². The molecule has 4 heteroatoms. The van der Waals surface area contributed by atoms with E-state index in [-0.39, 0.29) is 5.56 Å². The average molecular weight is 260 g/mol. The Labute approximate surface area is 110 Å². The first-order valence-electron chi connectivity index (χ1n) is 5.71. The molecule has 0 aliphatic heterocycles. The molecule has 1 N–H and O–H groups in total. The lowest BCUT2D eigenvalue weighted by Crippen LogP contribution is -2.01. The summed E-state index contributed by atoms with van der Waals surface area (Å²) in [6.07, 6.45) is 0. The molecule has 0 fully saturated rings. The highest BCUT2D eigenvalue weighted by Gasteiger charge is 2.16. The number of aromatic carboxylic acids is 1. The molecule has 0 aromatic heterocycles. The summed E-state index contributed by atoms with van der Waals surface area (Å²) < 4.78 is 18.4. The number of ether oxygens (including phenoxy) is 1. The molecule has 2 aromatic rings. The van der Waals surface area contributed by atoms with Crippen molar-refractivity contribution in [1.82, 2.24) is 0 Å². The summed E-state index contributed by atoms with van der Waals surface area (Å²) in [5, 5.41) is 9.18. The summed E-state index contributed by atoms with van der Waals surface area (Å²) in [6, 6.07) is 9.16. The van der Waals surface area contributed by atoms with Gasteiger partial charge in [0.15, 0.2) is 0 Å². The molecule has 0 aliphatic rings. The normalized spacial score (nSPS) is 10.3. The van der Waals surface area contributed by atoms with Gasteiger partial charge >= 0.3 is 5.97 Å². The molecule has 0 atom stereocenters. The standard InChI is InChI=1S/C15H13FO3/c1-9-3-6-14(19-2)12(7-9)11-5-4-10(16)8-13(11)15(17)18/h3-8H,1-2H3,(H,17,18). The molecular formula is C15H13FO3. The van der Waals surface area contributed by atoms with Gasteiger partial charge in [0.2, 0.25) is 0 Å². The SMILES string of the molecule is COc1ccc(C)cc1-c1ccc(F)cc1C(=O)O. The van der Waals surface area contributed by atoms with Crippen molar-refractivity contribution in [3.05, 3.63) is 53.3 Å². The second-order valence-corrected chi connectivity index (χ2v) is 4.20. The number of carbonyl (C=O) groups is 1. The van der Waals surface area contributed by atoms with E-state index >= 15 is 0 Å². The number of aryl methyl sites for hydroxylation is 1. The molecule has 98 valence electrons. The van der Waals surface area contributed by atoms with Gasteiger partial charge in [0.1, 0.15) is 11.6 Å². The smallest absolute Gasteiger partial charge is 0.336 e. The second kappa shape index (κ2) is 5.10. The van der Waals surface area contributed by atoms with E-state index in [1.54, 1.807) is 6.07 Å². The van der Waals surface area contributed by atoms with Crippen LogP contribution >= 0.6 is 0 Å². The molecule has 3 nitrogen and oxygen atoms in total. The molecule has 0 radical (unpaired) electrons. The van der Waals surface area contributed by atoms with Crippen LogP contribution < -0.4 is 4.74 Å². The van der Waals surface area contributed by atoms with Crippen molar-refractivity contribution in [2.24, 2.45) is 0 Å². The van der Waals surface area contributed by atoms with Gasteiger partial charge in [-0.3, -0.25) is 0 Å². The summed E-state index contributed by atoms with van der Waals surface area (Å²) in [4.78, 5) is 11.2. The minimum Gasteiger partial charge on any atom is -0.496 e. The van der Waals surface area contributed by atoms with Crippen LogP contribution in [0.3, 0.4) is 0 Å². The van der Waals surface area contributed by atoms with E-state index in [4.69, 9.17) is 4.74 Å². The fourth-order valence-corrected chi connectivity index (χ4v) is 1.96. The van der Waals surface area contributed by atoms with Crippen LogP contribution in [0.5, 0.6) is 5.75 Å². The fourth-order valence-electron chi connectivity index (χ4n) is 1.96. The number of carboxylic acid groups (broad SMARTS) is 1. The van der Waals surface area contributed by atoms with Gasteiger partial charge < -0.3 is 9.84 Å². The zero-order valence-corrected chi connectivity index (χ0v) is 10.6. The van der Waals surface area contributed by atoms with E-state index in [1.165, 1.54) is 19.2 Å². The van der Waals surface area contributed by atoms with Crippen molar-refractivity contribution in [2.45, 2.75) is 6.92 Å². The van der Waals surface area contributed by atoms with Crippen molar-refractivity contribution in [1.29, 1.82) is 0 Å². The zero-order valence-electron chi connectivity index (χ0n) is 10.6. The quantitative estimate of drug-likeness (QED) is 0.918. The Morgan fingerprint density at radius 2 is 1.89 bits per heavy atom. The Morgan fingerprint density at radius 3 is 2.53 bits per heavy atom. The predicted molar refractivity (Wildman–Crippen MR) is 70.1 cm³/mol. The zero-order chi connectivity index (χ0) is 14.0. The highest BCUT2D eigenvalue weighted by Crippen LogP contribution is 2.33. The molecule has 2 aromatic carbocycles. The molecule has 2 rings (SSSR count). The van der Waals surface area contributed by atoms with Crippen molar-refractivity contribution in [3.8, 4) is 16.9 Å². The molecule has 0 bridgehead atoms. The number of rotatable bonds is 3. The molecule has 19 heavy (non-hydrogen) atoms. The molecule has 0 aliphatic carbocycles. The van der Waals surface area contributed by atoms with Crippen LogP contribution in [0, 0.1) is 12.7 Å². The largest absolute Gasteiger partial charge is 0.496 e. The monoisotopic (exact) mass is 260 g/mol. The van der Waals surface area contributed by atoms with Crippen molar-refractivity contribution in [3.63, 3.8) is 0 Å². The summed E-state index contributed by atoms with van der Waals surface area (Å²) in [7, 11) is 1.51. The van der Waals surface area contributed by atoms with Gasteiger partial charge in [-0.1, -0.05) is 17.7 Å². The number of methoxy groups -OCH3 is 1. The highest BCUT2D eigenvalue weighted by molar-refractivity contribution is 5.97. The summed E-state index contributed by atoms with van der Waals surface area (Å²) in [6.45, 7) is 1.90. The van der Waals surface area contributed by atoms with Gasteiger partial charge in [0.25, 0.3) is 0 Å². The fraction of sp³-hybridized carbons (Fsp3) is 0.133. The van der Waals surface area contributed by atoms with Crippen molar-refractivity contribution < 1.29 is 19.0 Å². The maximum absolute atomic E-state index is 13.2. The maximum Gasteiger partial charge on any atom is 0.336 e. The third kappa shape index (κ3) is 2.57. The number of hydrogen-bond donors (Lipinski definition) is 1. The molecule has 0 amide bonds. The number of hydrogen-bond acceptors (Lipinski definition) is 2. The van der Waals surface area contributed by atoms with Crippen LogP contribution in [-0.4, -0.2) is 18.2 Å². The maximum atomic E-state index is 13.2. The molecule has 0 unspecified atom stereocenters. The average Bonchev–Trinajstić information content (AvgIpc) is 2.38. The first-order chi connectivity index (χ1) is 9.02. The summed E-state index contributed by atoms with van der Waals surface area (Å²) in [5.74, 6) is -1.19. The van der Waals surface area contributed by atoms with Crippen molar-refractivity contribution >= 4 is 5.97 Å². The third-order valence-corrected chi connectivity index (χ3v) is 2.86. The van der Waals surface area contributed by atoms with Gasteiger partial charge in [-0.2, -0.15) is 0 Å². The molecule has 0 saturated heterocycles. The minimum atomic E-state index is -1.17. The van der Waals surface area contributed by atoms with Crippen LogP contribution in [-0.2, 0) is 0 Å². The Bertz CT molecular complexity index is 635. The van der Waals surface area contributed by atoms with Crippen LogP contribution in [0.4, 0.5) is 4.39 Å². The van der Waals surface area contributed by atoms with Crippen LogP contribution in [0.25, 0.3) is 11.1 Å². The Kier molecular flexibility index (Phi) is 3.51. The molecular weight excluding hydrogens is 247 g/mol. The van der Waals surface area contributed by atoms with E-state index < -0.39 is 11.8 Å². The minimum absolute atomic E-state index is 0.0797. The van der Waals surface area contributed by atoms with E-state index in [0.29, 0.717) is 16.9 Å². The Morgan fingerprint density at radius 1 is 1.16 bits per heavy atom. The number of carboxylic acids is 1.